The number of para-hydroxylation sites is 3. The Morgan fingerprint density at radius 3 is 0.901 bits per heavy atom. The molecule has 3 unspecified atom stereocenters. The number of aromatic hydroxyl groups is 1. The van der Waals surface area contributed by atoms with E-state index >= 15 is 0 Å². The minimum absolute atomic E-state index is 0.108. The number of hydrogen-bond donors (Lipinski definition) is 2. The number of nitrogen functional groups attached to an aromatic ring is 1. The Morgan fingerprint density at radius 1 is 0.374 bits per heavy atom. The fourth-order valence-corrected chi connectivity index (χ4v) is 16.7. The number of piperazine rings is 3. The molecule has 0 aliphatic carbocycles. The van der Waals surface area contributed by atoms with Gasteiger partial charge in [0.1, 0.15) is 28.8 Å². The first-order chi connectivity index (χ1) is 63.3. The molecule has 22 heteroatoms. The second kappa shape index (κ2) is 49.2. The molecule has 3 saturated heterocycles. The minimum atomic E-state index is 0.108. The van der Waals surface area contributed by atoms with Gasteiger partial charge in [-0.15, -0.1) is 0 Å². The molecule has 12 aromatic rings. The maximum atomic E-state index is 11.6. The number of carbonyl (C=O) groups is 3. The third-order valence-corrected chi connectivity index (χ3v) is 25.1. The summed E-state index contributed by atoms with van der Waals surface area (Å²) < 4.78 is 19.8. The van der Waals surface area contributed by atoms with Gasteiger partial charge in [0.2, 0.25) is 17.7 Å². The number of aliphatic imine (C=N–C) groups is 3. The first-order valence-corrected chi connectivity index (χ1v) is 46.7. The lowest BCUT2D eigenvalue weighted by atomic mass is 9.86. The quantitative estimate of drug-likeness (QED) is 0.0855. The zero-order valence-corrected chi connectivity index (χ0v) is 81.0. The van der Waals surface area contributed by atoms with E-state index in [0.29, 0.717) is 5.02 Å². The Morgan fingerprint density at radius 2 is 0.649 bits per heavy atom. The number of methoxy groups -OCH3 is 1. The summed E-state index contributed by atoms with van der Waals surface area (Å²) in [6, 6.07) is 73.9. The van der Waals surface area contributed by atoms with Crippen molar-refractivity contribution in [2.45, 2.75) is 181 Å². The summed E-state index contributed by atoms with van der Waals surface area (Å²) in [7, 11) is 1.70. The van der Waals surface area contributed by atoms with Crippen LogP contribution in [0.5, 0.6) is 11.5 Å². The number of nitrogens with two attached hydrogens (primary N) is 1. The number of amides is 3. The van der Waals surface area contributed by atoms with Crippen molar-refractivity contribution >= 4 is 86.3 Å². The van der Waals surface area contributed by atoms with Crippen molar-refractivity contribution in [1.82, 2.24) is 30.2 Å². The van der Waals surface area contributed by atoms with Gasteiger partial charge < -0.3 is 58.5 Å². The molecule has 3 aromatic heterocycles. The molecule has 0 spiro atoms. The average Bonchev–Trinajstić information content (AvgIpc) is 1.64. The van der Waals surface area contributed by atoms with E-state index < -0.39 is 0 Å². The highest BCUT2D eigenvalue weighted by Crippen LogP contribution is 2.45. The zero-order valence-electron chi connectivity index (χ0n) is 80.3. The van der Waals surface area contributed by atoms with E-state index in [4.69, 9.17) is 50.6 Å². The predicted octanol–water partition coefficient (Wildman–Crippen LogP) is 23.4. The van der Waals surface area contributed by atoms with Gasteiger partial charge in [-0.3, -0.25) is 29.4 Å². The zero-order chi connectivity index (χ0) is 94.4. The summed E-state index contributed by atoms with van der Waals surface area (Å²) in [4.78, 5) is 62.7. The molecule has 9 aromatic carbocycles. The van der Waals surface area contributed by atoms with E-state index in [0.717, 1.165) is 208 Å². The Bertz CT molecular complexity index is 5590. The lowest BCUT2D eigenvalue weighted by Crippen LogP contribution is -2.48. The molecule has 690 valence electrons. The van der Waals surface area contributed by atoms with Crippen molar-refractivity contribution in [2.24, 2.45) is 15.0 Å². The fourth-order valence-electron chi connectivity index (χ4n) is 16.5. The van der Waals surface area contributed by atoms with Gasteiger partial charge in [0, 0.05) is 174 Å². The number of anilines is 4. The number of rotatable bonds is 16. The van der Waals surface area contributed by atoms with Crippen LogP contribution in [0.1, 0.15) is 200 Å². The van der Waals surface area contributed by atoms with Crippen LogP contribution in [0.2, 0.25) is 5.02 Å². The Labute approximate surface area is 781 Å². The molecule has 3 amide bonds. The van der Waals surface area contributed by atoms with Gasteiger partial charge in [-0.2, -0.15) is 0 Å². The number of phenols is 1. The van der Waals surface area contributed by atoms with Crippen molar-refractivity contribution in [3.05, 3.63) is 318 Å². The molecule has 21 nitrogen and oxygen atoms in total. The summed E-state index contributed by atoms with van der Waals surface area (Å²) in [5.41, 5.74) is 34.8. The van der Waals surface area contributed by atoms with Gasteiger partial charge in [-0.25, -0.2) is 0 Å². The molecular formula is C109H134ClN13O8. The fraction of sp³-hybridized carbons (Fsp3) is 0.367. The van der Waals surface area contributed by atoms with Crippen molar-refractivity contribution in [2.75, 3.05) is 106 Å². The van der Waals surface area contributed by atoms with Crippen molar-refractivity contribution in [3.63, 3.8) is 0 Å². The lowest BCUT2D eigenvalue weighted by molar-refractivity contribution is -0.129. The molecular weight excluding hydrogens is 1650 g/mol. The van der Waals surface area contributed by atoms with Crippen molar-refractivity contribution in [3.8, 4) is 11.5 Å². The molecule has 0 bridgehead atoms. The molecule has 0 saturated carbocycles. The average molecular weight is 1790 g/mol. The van der Waals surface area contributed by atoms with Gasteiger partial charge in [0.15, 0.2) is 0 Å². The molecule has 3 fully saturated rings. The SMILES string of the molecule is CC.CC.CC.CC(=O)N1CCN(c2ccc(C3C(CCc4ccc(N)cc4)=Nc4ccccc43)cc2)CC1.CC(=O)N1CCN(c2ccc(C3C(CCc4ccc(O)c(Cl)c4)=Nc4ccccc43)cc2)CC1.COc1ccc(CCC2=Nc3ccccc3C2c2ccc(N3CCN(C(C)=O)CC3)cc2)cc1.Cc1noc(C)c1C.Cc1noc(C)c1C.Cc1noc(C)c1C. The van der Waals surface area contributed by atoms with E-state index in [1.54, 1.807) is 33.9 Å². The number of aromatic nitrogens is 3. The maximum Gasteiger partial charge on any atom is 0.219 e. The van der Waals surface area contributed by atoms with E-state index in [1.165, 1.54) is 73.0 Å². The lowest BCUT2D eigenvalue weighted by Gasteiger charge is -2.35. The number of carbonyl (C=O) groups excluding carboxylic acids is 3. The van der Waals surface area contributed by atoms with Gasteiger partial charge in [-0.1, -0.05) is 190 Å². The normalized spacial score (nSPS) is 15.4. The summed E-state index contributed by atoms with van der Waals surface area (Å²) in [5.74, 6) is 4.74. The van der Waals surface area contributed by atoms with Crippen LogP contribution < -0.4 is 25.2 Å². The molecule has 131 heavy (non-hydrogen) atoms. The van der Waals surface area contributed by atoms with Crippen LogP contribution in [0.25, 0.3) is 0 Å². The van der Waals surface area contributed by atoms with Gasteiger partial charge in [-0.05, 0) is 242 Å². The highest BCUT2D eigenvalue weighted by atomic mass is 35.5. The van der Waals surface area contributed by atoms with Crippen molar-refractivity contribution < 1.29 is 37.8 Å². The topological polar surface area (TPSA) is 241 Å². The third-order valence-electron chi connectivity index (χ3n) is 24.8. The molecule has 18 rings (SSSR count). The number of fused-ring (bicyclic) bond motifs is 3. The number of phenolic OH excluding ortho intramolecular Hbond substituents is 1. The smallest absolute Gasteiger partial charge is 0.219 e. The number of nitrogens with zero attached hydrogens (tertiary/aromatic N) is 12. The predicted molar refractivity (Wildman–Crippen MR) is 537 cm³/mol. The van der Waals surface area contributed by atoms with E-state index in [9.17, 15) is 19.5 Å². The highest BCUT2D eigenvalue weighted by molar-refractivity contribution is 6.32. The maximum absolute atomic E-state index is 11.6. The van der Waals surface area contributed by atoms with Crippen LogP contribution in [0.15, 0.2) is 241 Å². The first kappa shape index (κ1) is 100. The second-order valence-corrected chi connectivity index (χ2v) is 33.2. The molecule has 3 atom stereocenters. The molecule has 3 N–H and O–H groups in total. The second-order valence-electron chi connectivity index (χ2n) is 32.8. The number of benzene rings is 9. The monoisotopic (exact) mass is 1790 g/mol. The van der Waals surface area contributed by atoms with Crippen molar-refractivity contribution in [1.29, 1.82) is 0 Å². The van der Waals surface area contributed by atoms with Crippen LogP contribution in [0.3, 0.4) is 0 Å². The minimum Gasteiger partial charge on any atom is -0.506 e. The number of ether oxygens (including phenoxy) is 1. The summed E-state index contributed by atoms with van der Waals surface area (Å²) in [6.07, 6.45) is 5.35. The van der Waals surface area contributed by atoms with E-state index in [1.807, 2.05) is 161 Å². The first-order valence-electron chi connectivity index (χ1n) is 46.3. The largest absolute Gasteiger partial charge is 0.506 e. The van der Waals surface area contributed by atoms with Crippen LogP contribution >= 0.6 is 11.6 Å². The third kappa shape index (κ3) is 26.7. The van der Waals surface area contributed by atoms with Gasteiger partial charge in [0.05, 0.1) is 46.3 Å². The van der Waals surface area contributed by atoms with Crippen LogP contribution in [0, 0.1) is 62.3 Å². The van der Waals surface area contributed by atoms with Gasteiger partial charge >= 0.3 is 0 Å². The molecule has 0 radical (unpaired) electrons. The Hall–Kier alpha value is -12.9. The summed E-state index contributed by atoms with van der Waals surface area (Å²) >= 11 is 6.11. The van der Waals surface area contributed by atoms with Gasteiger partial charge in [0.25, 0.3) is 0 Å². The molecule has 9 heterocycles. The summed E-state index contributed by atoms with van der Waals surface area (Å²) in [6.45, 7) is 44.4. The van der Waals surface area contributed by atoms with Crippen LogP contribution in [-0.4, -0.2) is 156 Å². The number of halogens is 1. The molecule has 6 aliphatic heterocycles. The van der Waals surface area contributed by atoms with Crippen LogP contribution in [-0.2, 0) is 33.6 Å². The Balaban J connectivity index is 0.000000176. The Kier molecular flexibility index (Phi) is 37.7. The van der Waals surface area contributed by atoms with E-state index in [2.05, 4.69) is 194 Å². The standard InChI is InChI=1S/C29H31N3O2.C28H28ClN3O2.C28H30N4O.3C6H9NO.3C2H6/c1-21(33)31-17-19-32(20-18-31)24-12-10-23(11-13-24)29-26-5-3-4-6-27(26)30-28(29)16-9-22-7-14-25(34-2)15-8-22;1-19(33)31-14-16-32(17-15-31)22-10-8-21(9-11-22)28-23-4-2-3-5-25(23)30-26(28)12-6-20-7-13-27(34)24(29)18-20;1-20(33)31-16-18-32(19-17-31)24-13-9-22(10-14-24)28-25-4-2-3-5-26(25)30-27(28)15-8-21-6-11-23(29)12-7-21;3*1-4-5(2)7-8-6(4)3;3*1-2/h3-8,10-15,29H,9,16-20H2,1-2H3;2-5,7-11,13,18,28,34H,6,12,14-17H2,1H3;2-7,9-14,28H,8,15-19,29H2,1H3;3*1-3H3;3*1-2H3. The summed E-state index contributed by atoms with van der Waals surface area (Å²) in [5, 5.41) is 21.3. The number of aryl methyl sites for hydroxylation is 9. The molecule has 6 aliphatic rings. The number of hydrogen-bond acceptors (Lipinski definition) is 18. The van der Waals surface area contributed by atoms with Crippen LogP contribution in [0.4, 0.5) is 39.8 Å². The van der Waals surface area contributed by atoms with E-state index in [-0.39, 0.29) is 41.2 Å². The highest BCUT2D eigenvalue weighted by Gasteiger charge is 2.33.